The molecule has 1 saturated heterocycles. The Labute approximate surface area is 245 Å². The number of anilines is 2. The Morgan fingerprint density at radius 1 is 1.16 bits per heavy atom. The van der Waals surface area contributed by atoms with E-state index in [1.54, 1.807) is 0 Å². The maximum atomic E-state index is 13.8. The van der Waals surface area contributed by atoms with Crippen LogP contribution in [0.2, 0.25) is 0 Å². The van der Waals surface area contributed by atoms with Crippen LogP contribution in [0, 0.1) is 11.8 Å². The number of hydrogen-bond acceptors (Lipinski definition) is 9. The molecule has 1 aromatic carbocycles. The zero-order chi connectivity index (χ0) is 30.1. The number of morpholine rings is 1. The minimum Gasteiger partial charge on any atom is -0.377 e. The molecule has 1 aliphatic carbocycles. The molecule has 0 bridgehead atoms. The fourth-order valence-corrected chi connectivity index (χ4v) is 5.90. The van der Waals surface area contributed by atoms with E-state index in [0.29, 0.717) is 43.7 Å². The second-order valence-electron chi connectivity index (χ2n) is 11.2. The molecule has 0 amide bonds. The lowest BCUT2D eigenvalue weighted by atomic mass is 9.82. The summed E-state index contributed by atoms with van der Waals surface area (Å²) in [6.07, 6.45) is 1.34. The molecule has 2 aliphatic rings. The molecule has 1 aliphatic heterocycles. The van der Waals surface area contributed by atoms with Crippen LogP contribution in [-0.2, 0) is 11.3 Å². The molecule has 2 fully saturated rings. The van der Waals surface area contributed by atoms with E-state index in [0.717, 1.165) is 38.2 Å². The molecule has 0 radical (unpaired) electrons. The van der Waals surface area contributed by atoms with Gasteiger partial charge in [-0.05, 0) is 50.0 Å². The van der Waals surface area contributed by atoms with E-state index >= 15 is 0 Å². The first-order valence-corrected chi connectivity index (χ1v) is 14.4. The Morgan fingerprint density at radius 3 is 2.60 bits per heavy atom. The van der Waals surface area contributed by atoms with Gasteiger partial charge in [-0.25, -0.2) is 14.8 Å². The number of nitrogens with one attached hydrogen (secondary N) is 2. The summed E-state index contributed by atoms with van der Waals surface area (Å²) in [6, 6.07) is 7.80. The highest BCUT2D eigenvalue weighted by Gasteiger charge is 2.38. The van der Waals surface area contributed by atoms with Crippen molar-refractivity contribution in [2.24, 2.45) is 11.8 Å². The Hall–Kier alpha value is -4.20. The van der Waals surface area contributed by atoms with Crippen LogP contribution in [0.3, 0.4) is 0 Å². The van der Waals surface area contributed by atoms with E-state index in [1.807, 2.05) is 41.0 Å². The number of halogens is 3. The maximum Gasteiger partial charge on any atom is 0.439 e. The average Bonchev–Trinajstić information content (AvgIpc) is 3.61. The van der Waals surface area contributed by atoms with E-state index in [2.05, 4.69) is 41.4 Å². The van der Waals surface area contributed by atoms with Crippen LogP contribution in [0.4, 0.5) is 24.9 Å². The van der Waals surface area contributed by atoms with Gasteiger partial charge in [0.2, 0.25) is 17.6 Å². The van der Waals surface area contributed by atoms with Crippen molar-refractivity contribution in [3.63, 3.8) is 0 Å². The number of benzene rings is 1. The molecule has 6 rings (SSSR count). The molecule has 11 nitrogen and oxygen atoms in total. The predicted molar refractivity (Wildman–Crippen MR) is 154 cm³/mol. The van der Waals surface area contributed by atoms with Gasteiger partial charge in [0.25, 0.3) is 0 Å². The number of allylic oxidation sites excluding steroid dienone is 1. The maximum absolute atomic E-state index is 13.8. The van der Waals surface area contributed by atoms with Crippen molar-refractivity contribution < 1.29 is 22.4 Å². The van der Waals surface area contributed by atoms with E-state index in [-0.39, 0.29) is 35.1 Å². The topological polar surface area (TPSA) is 127 Å². The zero-order valence-corrected chi connectivity index (χ0v) is 23.7. The molecule has 2 atom stereocenters. The lowest BCUT2D eigenvalue weighted by Crippen LogP contribution is -2.41. The fourth-order valence-electron chi connectivity index (χ4n) is 5.90. The van der Waals surface area contributed by atoms with Gasteiger partial charge in [0.05, 0.1) is 19.3 Å². The first kappa shape index (κ1) is 28.9. The third-order valence-corrected chi connectivity index (χ3v) is 8.31. The lowest BCUT2D eigenvalue weighted by Gasteiger charge is -2.37. The molecule has 43 heavy (non-hydrogen) atoms. The van der Waals surface area contributed by atoms with Gasteiger partial charge in [0, 0.05) is 13.1 Å². The molecule has 0 spiro atoms. The van der Waals surface area contributed by atoms with Gasteiger partial charge in [-0.2, -0.15) is 18.2 Å². The van der Waals surface area contributed by atoms with Gasteiger partial charge >= 0.3 is 11.9 Å². The van der Waals surface area contributed by atoms with Crippen molar-refractivity contribution in [1.29, 1.82) is 0 Å². The summed E-state index contributed by atoms with van der Waals surface area (Å²) in [5.41, 5.74) is 1.56. The van der Waals surface area contributed by atoms with Crippen molar-refractivity contribution in [3.8, 4) is 11.6 Å². The largest absolute Gasteiger partial charge is 0.439 e. The Balaban J connectivity index is 1.52. The number of ether oxygens (including phenoxy) is 1. The number of H-pyrrole nitrogens is 1. The van der Waals surface area contributed by atoms with E-state index in [9.17, 15) is 18.0 Å². The van der Waals surface area contributed by atoms with Gasteiger partial charge in [-0.1, -0.05) is 41.6 Å². The summed E-state index contributed by atoms with van der Waals surface area (Å²) < 4.78 is 53.9. The first-order valence-electron chi connectivity index (χ1n) is 14.4. The molecule has 1 saturated carbocycles. The normalized spacial score (nSPS) is 22.0. The van der Waals surface area contributed by atoms with Crippen LogP contribution in [0.15, 0.2) is 52.3 Å². The molecular weight excluding hydrogens is 565 g/mol. The summed E-state index contributed by atoms with van der Waals surface area (Å²) >= 11 is 0. The summed E-state index contributed by atoms with van der Waals surface area (Å²) in [6.45, 7) is 6.90. The van der Waals surface area contributed by atoms with Crippen LogP contribution in [0.1, 0.15) is 44.2 Å². The molecule has 2 N–H and O–H groups in total. The smallest absolute Gasteiger partial charge is 0.377 e. The molecule has 3 aromatic heterocycles. The predicted octanol–water partition coefficient (Wildman–Crippen LogP) is 5.10. The summed E-state index contributed by atoms with van der Waals surface area (Å²) in [5.74, 6) is 0.177. The highest BCUT2D eigenvalue weighted by molar-refractivity contribution is 5.87. The lowest BCUT2D eigenvalue weighted by molar-refractivity contribution is -0.138. The number of hydrogen-bond donors (Lipinski definition) is 2. The van der Waals surface area contributed by atoms with Crippen molar-refractivity contribution in [1.82, 2.24) is 29.7 Å². The summed E-state index contributed by atoms with van der Waals surface area (Å²) in [4.78, 5) is 30.1. The number of rotatable bonds is 8. The third kappa shape index (κ3) is 6.01. The SMILES string of the molecule is C=C[C@H]1CC[C@H](Cn2c(N3CCOC[C@H]3c3ccccc3)nc3nc(-c4noc(=O)[nH]4)nc(N[C@H](C)C(F)(F)F)c32)CC1. The summed E-state index contributed by atoms with van der Waals surface area (Å²) in [5, 5.41) is 6.20. The number of aromatic amines is 1. The van der Waals surface area contributed by atoms with Gasteiger partial charge < -0.3 is 19.5 Å². The number of alkyl halides is 3. The Morgan fingerprint density at radius 2 is 1.93 bits per heavy atom. The number of fused-ring (bicyclic) bond motifs is 1. The standard InChI is InChI=1S/C29H33F3N8O3/c1-3-18-9-11-19(12-10-18)15-40-22-23(33-17(2)29(30,31)32)34-25(26-37-28(41)43-38-26)35-24(22)36-27(40)39-13-14-42-16-21(39)20-7-5-4-6-8-20/h3-8,17-19,21H,1,9-16H2,2H3,(H,33,34,35)(H,37,38,41)/t17-,18-,19-,21+/m1/s1. The quantitative estimate of drug-likeness (QED) is 0.266. The van der Waals surface area contributed by atoms with Crippen molar-refractivity contribution in [2.75, 3.05) is 30.0 Å². The van der Waals surface area contributed by atoms with Crippen LogP contribution in [0.25, 0.3) is 22.8 Å². The molecular formula is C29H33F3N8O3. The van der Waals surface area contributed by atoms with Crippen LogP contribution in [0.5, 0.6) is 0 Å². The van der Waals surface area contributed by atoms with Gasteiger partial charge in [0.15, 0.2) is 11.5 Å². The average molecular weight is 599 g/mol. The second kappa shape index (κ2) is 11.8. The van der Waals surface area contributed by atoms with Crippen LogP contribution < -0.4 is 16.0 Å². The minimum atomic E-state index is -4.54. The second-order valence-corrected chi connectivity index (χ2v) is 11.2. The van der Waals surface area contributed by atoms with E-state index < -0.39 is 18.0 Å². The number of imidazole rings is 1. The van der Waals surface area contributed by atoms with E-state index in [4.69, 9.17) is 9.72 Å². The van der Waals surface area contributed by atoms with Crippen molar-refractivity contribution in [2.45, 2.75) is 57.4 Å². The fraction of sp³-hybridized carbons (Fsp3) is 0.483. The van der Waals surface area contributed by atoms with Crippen molar-refractivity contribution >= 4 is 22.9 Å². The molecule has 228 valence electrons. The van der Waals surface area contributed by atoms with Gasteiger partial charge in [-0.15, -0.1) is 6.58 Å². The zero-order valence-electron chi connectivity index (χ0n) is 23.7. The van der Waals surface area contributed by atoms with Gasteiger partial charge in [-0.3, -0.25) is 9.51 Å². The van der Waals surface area contributed by atoms with Gasteiger partial charge in [0.1, 0.15) is 11.6 Å². The Kier molecular flexibility index (Phi) is 7.95. The molecule has 4 heterocycles. The first-order chi connectivity index (χ1) is 20.7. The number of aromatic nitrogens is 6. The highest BCUT2D eigenvalue weighted by Crippen LogP contribution is 2.38. The monoisotopic (exact) mass is 598 g/mol. The third-order valence-electron chi connectivity index (χ3n) is 8.31. The van der Waals surface area contributed by atoms with Crippen LogP contribution >= 0.6 is 0 Å². The Bertz CT molecular complexity index is 1630. The van der Waals surface area contributed by atoms with Crippen LogP contribution in [-0.4, -0.2) is 61.6 Å². The highest BCUT2D eigenvalue weighted by atomic mass is 19.4. The number of nitrogens with zero attached hydrogens (tertiary/aromatic N) is 6. The molecule has 4 aromatic rings. The minimum absolute atomic E-state index is 0.0586. The van der Waals surface area contributed by atoms with Crippen molar-refractivity contribution in [3.05, 3.63) is 59.1 Å². The molecule has 0 unspecified atom stereocenters. The summed E-state index contributed by atoms with van der Waals surface area (Å²) in [7, 11) is 0. The molecule has 14 heteroatoms. The van der Waals surface area contributed by atoms with E-state index in [1.165, 1.54) is 0 Å².